The second kappa shape index (κ2) is 12.5. The molecule has 6 nitrogen and oxygen atoms in total. The fourth-order valence-corrected chi connectivity index (χ4v) is 10.8. The first-order chi connectivity index (χ1) is 19.4. The molecule has 236 valence electrons. The van der Waals surface area contributed by atoms with Crippen LogP contribution in [0.1, 0.15) is 112 Å². The van der Waals surface area contributed by atoms with Crippen molar-refractivity contribution in [2.75, 3.05) is 6.61 Å². The molecule has 6 heteroatoms. The molecule has 0 radical (unpaired) electrons. The molecular formula is C35H60O6. The number of rotatable bonds is 9. The predicted molar refractivity (Wildman–Crippen MR) is 161 cm³/mol. The van der Waals surface area contributed by atoms with E-state index in [-0.39, 0.29) is 11.5 Å². The summed E-state index contributed by atoms with van der Waals surface area (Å²) in [6.07, 6.45) is 9.92. The van der Waals surface area contributed by atoms with Gasteiger partial charge in [0.25, 0.3) is 0 Å². The minimum absolute atomic E-state index is 0.101. The highest BCUT2D eigenvalue weighted by atomic mass is 16.7. The largest absolute Gasteiger partial charge is 0.394 e. The Morgan fingerprint density at radius 2 is 1.71 bits per heavy atom. The van der Waals surface area contributed by atoms with Gasteiger partial charge in [-0.15, -0.1) is 0 Å². The summed E-state index contributed by atoms with van der Waals surface area (Å²) in [4.78, 5) is 0. The first kappa shape index (κ1) is 31.9. The van der Waals surface area contributed by atoms with Gasteiger partial charge in [0.05, 0.1) is 12.7 Å². The Kier molecular flexibility index (Phi) is 9.71. The molecule has 0 aromatic heterocycles. The highest BCUT2D eigenvalue weighted by Crippen LogP contribution is 2.67. The summed E-state index contributed by atoms with van der Waals surface area (Å²) in [6, 6.07) is 0. The van der Waals surface area contributed by atoms with E-state index in [1.165, 1.54) is 56.9 Å². The Hall–Kier alpha value is -0.500. The smallest absolute Gasteiger partial charge is 0.186 e. The molecule has 0 spiro atoms. The molecule has 0 amide bonds. The molecule has 14 atom stereocenters. The van der Waals surface area contributed by atoms with Crippen LogP contribution in [-0.4, -0.2) is 63.8 Å². The van der Waals surface area contributed by atoms with Gasteiger partial charge in [0.2, 0.25) is 0 Å². The van der Waals surface area contributed by atoms with Gasteiger partial charge in [0.15, 0.2) is 6.29 Å². The molecule has 9 unspecified atom stereocenters. The number of allylic oxidation sites excluding steroid dienone is 1. The van der Waals surface area contributed by atoms with Crippen LogP contribution in [0.5, 0.6) is 0 Å². The molecule has 1 saturated heterocycles. The molecule has 0 aromatic carbocycles. The fourth-order valence-electron chi connectivity index (χ4n) is 10.8. The minimum atomic E-state index is -1.40. The highest BCUT2D eigenvalue weighted by Gasteiger charge is 2.59. The van der Waals surface area contributed by atoms with Crippen molar-refractivity contribution in [1.29, 1.82) is 0 Å². The third-order valence-corrected chi connectivity index (χ3v) is 13.5. The molecule has 0 bridgehead atoms. The maximum Gasteiger partial charge on any atom is 0.186 e. The number of hydrogen-bond acceptors (Lipinski definition) is 6. The van der Waals surface area contributed by atoms with Gasteiger partial charge >= 0.3 is 0 Å². The Morgan fingerprint density at radius 1 is 0.951 bits per heavy atom. The van der Waals surface area contributed by atoms with Crippen LogP contribution < -0.4 is 0 Å². The Morgan fingerprint density at radius 3 is 2.39 bits per heavy atom. The molecule has 5 aliphatic rings. The molecule has 1 aliphatic heterocycles. The van der Waals surface area contributed by atoms with Crippen LogP contribution in [0.2, 0.25) is 0 Å². The van der Waals surface area contributed by atoms with E-state index < -0.39 is 37.3 Å². The van der Waals surface area contributed by atoms with Gasteiger partial charge in [0.1, 0.15) is 24.4 Å². The molecule has 4 aliphatic carbocycles. The lowest BCUT2D eigenvalue weighted by Crippen LogP contribution is -2.60. The van der Waals surface area contributed by atoms with Crippen molar-refractivity contribution in [3.8, 4) is 0 Å². The maximum atomic E-state index is 10.5. The molecule has 4 N–H and O–H groups in total. The summed E-state index contributed by atoms with van der Waals surface area (Å²) in [6.45, 7) is 14.5. The van der Waals surface area contributed by atoms with Crippen molar-refractivity contribution >= 4 is 0 Å². The van der Waals surface area contributed by atoms with E-state index in [1.807, 2.05) is 0 Å². The van der Waals surface area contributed by atoms with Gasteiger partial charge in [-0.05, 0) is 110 Å². The predicted octanol–water partition coefficient (Wildman–Crippen LogP) is 5.85. The molecule has 5 rings (SSSR count). The average molecular weight is 577 g/mol. The first-order valence-corrected chi connectivity index (χ1v) is 17.1. The van der Waals surface area contributed by atoms with Gasteiger partial charge in [-0.2, -0.15) is 0 Å². The van der Waals surface area contributed by atoms with E-state index in [1.54, 1.807) is 0 Å². The van der Waals surface area contributed by atoms with Crippen LogP contribution in [0.3, 0.4) is 0 Å². The Bertz CT molecular complexity index is 918. The SMILES string of the molecule is CCC(CCC(C)C1CCC2C3CC=C4CC(O[C@H]5O[C@@H](CO)[C@@H](O)[C@H](O)[C@H]5O)CCC4(C)C3CCC12C)C(C)C. The van der Waals surface area contributed by atoms with Gasteiger partial charge in [-0.3, -0.25) is 0 Å². The lowest BCUT2D eigenvalue weighted by atomic mass is 9.47. The highest BCUT2D eigenvalue weighted by molar-refractivity contribution is 5.25. The monoisotopic (exact) mass is 576 g/mol. The molecule has 0 aromatic rings. The molecule has 1 heterocycles. The normalized spacial score (nSPS) is 47.7. The fraction of sp³-hybridized carbons (Fsp3) is 0.943. The van der Waals surface area contributed by atoms with Crippen molar-refractivity contribution in [3.05, 3.63) is 11.6 Å². The van der Waals surface area contributed by atoms with Crippen molar-refractivity contribution < 1.29 is 29.9 Å². The Labute approximate surface area is 249 Å². The lowest BCUT2D eigenvalue weighted by molar-refractivity contribution is -0.313. The number of hydrogen-bond donors (Lipinski definition) is 4. The van der Waals surface area contributed by atoms with Crippen LogP contribution in [0.4, 0.5) is 0 Å². The maximum absolute atomic E-state index is 10.5. The third kappa shape index (κ3) is 5.73. The van der Waals surface area contributed by atoms with E-state index >= 15 is 0 Å². The first-order valence-electron chi connectivity index (χ1n) is 17.1. The zero-order chi connectivity index (χ0) is 29.7. The molecule has 4 fully saturated rings. The van der Waals surface area contributed by atoms with Gasteiger partial charge in [0, 0.05) is 0 Å². The summed E-state index contributed by atoms with van der Waals surface area (Å²) >= 11 is 0. The van der Waals surface area contributed by atoms with Crippen LogP contribution in [0.15, 0.2) is 11.6 Å². The third-order valence-electron chi connectivity index (χ3n) is 13.5. The molecule has 3 saturated carbocycles. The standard InChI is InChI=1S/C35H60O6/c1-7-22(20(2)3)9-8-21(4)26-12-13-27-25-11-10-23-18-24(14-16-34(23,5)28(25)15-17-35(26,27)6)40-33-32(39)31(38)30(37)29(19-36)41-33/h10,20-22,24-33,36-39H,7-9,11-19H2,1-6H3/t21?,22?,24?,25?,26?,27?,28?,29-,30+,31-,32+,33-,34?,35?/m0/s1. The van der Waals surface area contributed by atoms with Crippen LogP contribution in [-0.2, 0) is 9.47 Å². The molecule has 41 heavy (non-hydrogen) atoms. The summed E-state index contributed by atoms with van der Waals surface area (Å²) in [7, 11) is 0. The average Bonchev–Trinajstić information content (AvgIpc) is 3.30. The summed E-state index contributed by atoms with van der Waals surface area (Å²) in [5.41, 5.74) is 2.19. The topological polar surface area (TPSA) is 99.4 Å². The minimum Gasteiger partial charge on any atom is -0.394 e. The number of aliphatic hydroxyl groups excluding tert-OH is 4. The zero-order valence-electron chi connectivity index (χ0n) is 26.7. The van der Waals surface area contributed by atoms with Crippen molar-refractivity contribution in [3.63, 3.8) is 0 Å². The van der Waals surface area contributed by atoms with Gasteiger partial charge in [-0.1, -0.05) is 66.0 Å². The number of aliphatic hydroxyl groups is 4. The van der Waals surface area contributed by atoms with Crippen molar-refractivity contribution in [1.82, 2.24) is 0 Å². The second-order valence-electron chi connectivity index (χ2n) is 15.7. The number of fused-ring (bicyclic) bond motifs is 5. The van der Waals surface area contributed by atoms with Crippen LogP contribution in [0, 0.1) is 52.3 Å². The van der Waals surface area contributed by atoms with Gasteiger partial charge < -0.3 is 29.9 Å². The summed E-state index contributed by atoms with van der Waals surface area (Å²) in [5.74, 6) is 5.66. The van der Waals surface area contributed by atoms with E-state index in [0.717, 1.165) is 60.7 Å². The van der Waals surface area contributed by atoms with Crippen LogP contribution in [0.25, 0.3) is 0 Å². The van der Waals surface area contributed by atoms with Gasteiger partial charge in [-0.25, -0.2) is 0 Å². The number of ether oxygens (including phenoxy) is 2. The lowest BCUT2D eigenvalue weighted by Gasteiger charge is -2.58. The van der Waals surface area contributed by atoms with Crippen molar-refractivity contribution in [2.24, 2.45) is 52.3 Å². The summed E-state index contributed by atoms with van der Waals surface area (Å²) < 4.78 is 11.9. The van der Waals surface area contributed by atoms with E-state index in [9.17, 15) is 20.4 Å². The molecular weight excluding hydrogens is 516 g/mol. The van der Waals surface area contributed by atoms with Crippen molar-refractivity contribution in [2.45, 2.75) is 149 Å². The summed E-state index contributed by atoms with van der Waals surface area (Å²) in [5, 5.41) is 40.4. The zero-order valence-corrected chi connectivity index (χ0v) is 26.7. The van der Waals surface area contributed by atoms with Crippen LogP contribution >= 0.6 is 0 Å². The van der Waals surface area contributed by atoms with E-state index in [4.69, 9.17) is 9.47 Å². The second-order valence-corrected chi connectivity index (χ2v) is 15.7. The van der Waals surface area contributed by atoms with E-state index in [0.29, 0.717) is 5.41 Å². The van der Waals surface area contributed by atoms with E-state index in [2.05, 4.69) is 47.6 Å². The Balaban J connectivity index is 1.24. The quantitative estimate of drug-likeness (QED) is 0.257.